The number of rotatable bonds is 31. The Hall–Kier alpha value is -4.40. The Bertz CT molecular complexity index is 4210. The summed E-state index contributed by atoms with van der Waals surface area (Å²) in [6, 6.07) is 0. The number of hydrogen-bond donors (Lipinski definition) is 0. The minimum atomic E-state index is -0.418. The zero-order valence-corrected chi connectivity index (χ0v) is 83.5. The highest BCUT2D eigenvalue weighted by molar-refractivity contribution is 5.78. The first-order valence-electron chi connectivity index (χ1n) is 56.4. The molecule has 27 rings (SSSR count). The normalized spacial score (nSPS) is 45.0. The van der Waals surface area contributed by atoms with E-state index in [1.165, 1.54) is 161 Å². The highest BCUT2D eigenvalue weighted by atomic mass is 16.7. The molecule has 27 aliphatic rings. The predicted octanol–water partition coefficient (Wildman–Crippen LogP) is 26.6. The molecule has 0 saturated heterocycles. The van der Waals surface area contributed by atoms with E-state index >= 15 is 0 Å². The van der Waals surface area contributed by atoms with E-state index in [9.17, 15) is 38.4 Å². The maximum atomic E-state index is 13.2. The SMILES string of the molecule is C.C.C.C.C.C.C.C.CCC(C)(C)C(=O)OC1CC2CC1C1C3CC(CC3C(=O)OCOC3CCCCC3)C21.CCC(C)(C)C(=O)OC1CC2CC1C1C3CC(CC3C(=O)OCOCC34CC5CC(CC(C5)C3)C4)C21.CCC(C)C(=O)OC1CC2CC1C1C3CC(CC3C(=O)OCOCC34CC5CC(CC(C5)C3)C4)C21.CCC(C)C(=O)OC1CC2CC1C1C3CC(CC3C(=O)OCOCC3CC4CCC3C4)C21. The average molecular weight is 1990 g/mol. The van der Waals surface area contributed by atoms with E-state index in [-0.39, 0.29) is 200 Å². The lowest BCUT2D eigenvalue weighted by Gasteiger charge is -2.56. The van der Waals surface area contributed by atoms with Crippen LogP contribution in [0.5, 0.6) is 0 Å². The molecular weight excluding hydrogens is 1790 g/mol. The second-order valence-corrected chi connectivity index (χ2v) is 53.2. The molecule has 0 aromatic heterocycles. The summed E-state index contributed by atoms with van der Waals surface area (Å²) < 4.78 is 70.7. The molecule has 0 heterocycles. The van der Waals surface area contributed by atoms with Gasteiger partial charge in [-0.1, -0.05) is 127 Å². The molecule has 0 N–H and O–H groups in total. The Balaban J connectivity index is 0.000000148. The number of esters is 8. The van der Waals surface area contributed by atoms with Gasteiger partial charge < -0.3 is 56.8 Å². The number of fused-ring (bicyclic) bond motifs is 38. The molecule has 26 bridgehead atoms. The number of carbonyl (C=O) groups excluding carboxylic acids is 8. The van der Waals surface area contributed by atoms with E-state index in [1.807, 2.05) is 62.3 Å². The van der Waals surface area contributed by atoms with Gasteiger partial charge in [-0.3, -0.25) is 38.4 Å². The van der Waals surface area contributed by atoms with Crippen LogP contribution in [0.2, 0.25) is 0 Å². The summed E-state index contributed by atoms with van der Waals surface area (Å²) in [6.45, 7) is 22.8. The Morgan fingerprint density at radius 3 is 0.887 bits per heavy atom. The Labute approximate surface area is 859 Å². The van der Waals surface area contributed by atoms with Crippen LogP contribution in [0.15, 0.2) is 0 Å². The third-order valence-corrected chi connectivity index (χ3v) is 45.5. The monoisotopic (exact) mass is 1990 g/mol. The Morgan fingerprint density at radius 1 is 0.296 bits per heavy atom. The van der Waals surface area contributed by atoms with Gasteiger partial charge in [0.2, 0.25) is 0 Å². The van der Waals surface area contributed by atoms with Crippen LogP contribution < -0.4 is 0 Å². The van der Waals surface area contributed by atoms with Gasteiger partial charge in [0, 0.05) is 0 Å². The van der Waals surface area contributed by atoms with Crippen LogP contribution >= 0.6 is 0 Å². The van der Waals surface area contributed by atoms with E-state index in [0.29, 0.717) is 135 Å². The highest BCUT2D eigenvalue weighted by Gasteiger charge is 2.72. The summed E-state index contributed by atoms with van der Waals surface area (Å²) in [7, 11) is 0. The molecule has 27 fully saturated rings. The molecule has 27 saturated carbocycles. The van der Waals surface area contributed by atoms with Crippen molar-refractivity contribution in [2.75, 3.05) is 47.0 Å². The van der Waals surface area contributed by atoms with Crippen LogP contribution in [0.4, 0.5) is 0 Å². The topological polar surface area (TPSA) is 247 Å². The van der Waals surface area contributed by atoms with Gasteiger partial charge in [-0.15, -0.1) is 0 Å². The van der Waals surface area contributed by atoms with Crippen LogP contribution in [0, 0.1) is 252 Å². The maximum absolute atomic E-state index is 13.2. The lowest BCUT2D eigenvalue weighted by atomic mass is 9.50. The predicted molar refractivity (Wildman–Crippen MR) is 552 cm³/mol. The largest absolute Gasteiger partial charge is 0.462 e. The smallest absolute Gasteiger partial charge is 0.311 e. The molecule has 0 radical (unpaired) electrons. The van der Waals surface area contributed by atoms with Crippen LogP contribution in [0.1, 0.15) is 392 Å². The van der Waals surface area contributed by atoms with E-state index in [2.05, 4.69) is 6.92 Å². The number of hydrogen-bond acceptors (Lipinski definition) is 20. The van der Waals surface area contributed by atoms with E-state index in [4.69, 9.17) is 56.8 Å². The Morgan fingerprint density at radius 2 is 0.592 bits per heavy atom. The summed E-state index contributed by atoms with van der Waals surface area (Å²) in [6.07, 6.45) is 49.3. The first kappa shape index (κ1) is 113. The van der Waals surface area contributed by atoms with Crippen molar-refractivity contribution in [2.24, 2.45) is 252 Å². The van der Waals surface area contributed by atoms with Crippen molar-refractivity contribution in [1.29, 1.82) is 0 Å². The van der Waals surface area contributed by atoms with Gasteiger partial charge in [-0.05, 0) is 471 Å². The van der Waals surface area contributed by atoms with Gasteiger partial charge in [0.15, 0.2) is 27.2 Å². The third kappa shape index (κ3) is 21.1. The van der Waals surface area contributed by atoms with Crippen molar-refractivity contribution in [2.45, 2.75) is 422 Å². The molecule has 20 nitrogen and oxygen atoms in total. The minimum absolute atomic E-state index is 0. The molecule has 0 amide bonds. The van der Waals surface area contributed by atoms with Crippen molar-refractivity contribution in [3.05, 3.63) is 0 Å². The van der Waals surface area contributed by atoms with Crippen LogP contribution in [-0.2, 0) is 95.2 Å². The fraction of sp³-hybridized carbons (Fsp3) is 0.934. The standard InChI is InChI=1S/C31H46O5.C30H44O5.C27H40O5.C26H40O5.8CH4/c1-4-30(2,3)29(33)36-25-11-21-10-24(25)27-22-8-20(26(21)27)9-23(22)28(32)35-16-34-15-31-12-17-5-18(13-31)7-19(6-17)14-31;1-3-16(2)28(31)35-25-10-21-9-24(25)27-22-7-20(26(21)27)8-23(22)29(32)34-15-33-14-30-11-17-4-18(12-30)6-19(5-17)13-30;1-3-14(2)26(28)32-23-11-18-10-22(23)25-20-8-17(24(18)25)9-21(20)27(29)31-13-30-12-19-7-15-4-5-16(19)6-15;1-4-26(2,3)25(28)31-21-13-16-12-20(21)23-18-10-15(22(16)23)11-19(18)24(27)30-14-29-17-8-6-5-7-9-17;;;;;;;;/h17-27H,4-16H2,1-3H3;16-27H,3-15H2,1-2H3;14-25H,3-13H2,1-2H3;15-23H,4-14H2,1-3H3;8*1H4. The van der Waals surface area contributed by atoms with Gasteiger partial charge in [0.25, 0.3) is 0 Å². The second kappa shape index (κ2) is 45.3. The van der Waals surface area contributed by atoms with Crippen molar-refractivity contribution < 1.29 is 95.2 Å². The van der Waals surface area contributed by atoms with Crippen molar-refractivity contribution in [3.63, 3.8) is 0 Å². The maximum Gasteiger partial charge on any atom is 0.311 e. The van der Waals surface area contributed by atoms with E-state index < -0.39 is 10.8 Å². The molecule has 0 aromatic rings. The Kier molecular flexibility index (Phi) is 36.1. The summed E-state index contributed by atoms with van der Waals surface area (Å²) in [4.78, 5) is 103. The van der Waals surface area contributed by atoms with Crippen LogP contribution in [0.25, 0.3) is 0 Å². The van der Waals surface area contributed by atoms with E-state index in [0.717, 1.165) is 194 Å². The first-order chi connectivity index (χ1) is 64.6. The van der Waals surface area contributed by atoms with Crippen LogP contribution in [0.3, 0.4) is 0 Å². The lowest BCUT2D eigenvalue weighted by Crippen LogP contribution is -2.48. The zero-order chi connectivity index (χ0) is 92.4. The van der Waals surface area contributed by atoms with Gasteiger partial charge in [0.1, 0.15) is 24.4 Å². The number of ether oxygens (including phenoxy) is 12. The van der Waals surface area contributed by atoms with Gasteiger partial charge >= 0.3 is 47.8 Å². The molecular formula is C122H202O20. The van der Waals surface area contributed by atoms with Crippen molar-refractivity contribution in [1.82, 2.24) is 0 Å². The molecule has 0 aromatic carbocycles. The third-order valence-electron chi connectivity index (χ3n) is 45.5. The summed E-state index contributed by atoms with van der Waals surface area (Å²) in [5, 5.41) is 0. The van der Waals surface area contributed by atoms with Gasteiger partial charge in [-0.25, -0.2) is 0 Å². The zero-order valence-electron chi connectivity index (χ0n) is 83.5. The second-order valence-electron chi connectivity index (χ2n) is 53.2. The highest BCUT2D eigenvalue weighted by Crippen LogP contribution is 2.75. The molecule has 0 aliphatic heterocycles. The molecule has 37 unspecified atom stereocenters. The molecule has 810 valence electrons. The molecule has 37 atom stereocenters. The lowest BCUT2D eigenvalue weighted by molar-refractivity contribution is -0.175. The minimum Gasteiger partial charge on any atom is -0.462 e. The van der Waals surface area contributed by atoms with Crippen molar-refractivity contribution >= 4 is 47.8 Å². The fourth-order valence-electron chi connectivity index (χ4n) is 39.9. The molecule has 0 spiro atoms. The summed E-state index contributed by atoms with van der Waals surface area (Å²) in [5.74, 6) is 21.7. The molecule has 27 aliphatic carbocycles. The molecule has 20 heteroatoms. The van der Waals surface area contributed by atoms with Gasteiger partial charge in [0.05, 0.1) is 72.3 Å². The van der Waals surface area contributed by atoms with Crippen molar-refractivity contribution in [3.8, 4) is 0 Å². The van der Waals surface area contributed by atoms with Crippen LogP contribution in [-0.4, -0.2) is 125 Å². The molecule has 142 heavy (non-hydrogen) atoms. The number of carbonyl (C=O) groups is 8. The fourth-order valence-corrected chi connectivity index (χ4v) is 39.9. The quantitative estimate of drug-likeness (QED) is 0.0206. The van der Waals surface area contributed by atoms with E-state index in [1.54, 1.807) is 0 Å². The van der Waals surface area contributed by atoms with Gasteiger partial charge in [-0.2, -0.15) is 0 Å². The summed E-state index contributed by atoms with van der Waals surface area (Å²) in [5.41, 5.74) is -0.104. The average Bonchev–Trinajstić information content (AvgIpc) is 1.55. The summed E-state index contributed by atoms with van der Waals surface area (Å²) >= 11 is 0. The first-order valence-corrected chi connectivity index (χ1v) is 56.4.